The van der Waals surface area contributed by atoms with Crippen molar-refractivity contribution in [1.82, 2.24) is 14.9 Å². The molecule has 1 saturated heterocycles. The fraction of sp³-hybridized carbons (Fsp3) is 0.318. The van der Waals surface area contributed by atoms with Crippen molar-refractivity contribution in [2.75, 3.05) is 11.9 Å². The van der Waals surface area contributed by atoms with Gasteiger partial charge in [-0.15, -0.1) is 0 Å². The average Bonchev–Trinajstić information content (AvgIpc) is 2.73. The Balaban J connectivity index is 1.46. The highest BCUT2D eigenvalue weighted by Gasteiger charge is 2.17. The second-order valence-electron chi connectivity index (χ2n) is 7.47. The normalized spacial score (nSPS) is 16.7. The molecule has 2 N–H and O–H groups in total. The molecule has 2 heterocycles. The Morgan fingerprint density at radius 3 is 2.93 bits per heavy atom. The molecule has 150 valence electrons. The van der Waals surface area contributed by atoms with Crippen molar-refractivity contribution in [1.29, 1.82) is 0 Å². The summed E-state index contributed by atoms with van der Waals surface area (Å²) in [6.45, 7) is 0.985. The molecule has 1 amide bonds. The summed E-state index contributed by atoms with van der Waals surface area (Å²) in [6.07, 6.45) is 5.98. The molecule has 1 atom stereocenters. The van der Waals surface area contributed by atoms with E-state index in [-0.39, 0.29) is 18.0 Å². The second-order valence-corrected chi connectivity index (χ2v) is 8.00. The molecule has 1 aliphatic rings. The Kier molecular flexibility index (Phi) is 5.97. The molecule has 0 spiro atoms. The van der Waals surface area contributed by atoms with Gasteiger partial charge in [-0.25, -0.2) is 4.98 Å². The van der Waals surface area contributed by atoms with Crippen LogP contribution in [0.25, 0.3) is 10.9 Å². The summed E-state index contributed by atoms with van der Waals surface area (Å²) in [4.78, 5) is 30.4. The third-order valence-corrected chi connectivity index (χ3v) is 5.80. The topological polar surface area (TPSA) is 76.0 Å². The van der Waals surface area contributed by atoms with Crippen molar-refractivity contribution in [3.05, 3.63) is 64.7 Å². The van der Waals surface area contributed by atoms with Crippen molar-refractivity contribution in [2.45, 2.75) is 43.2 Å². The van der Waals surface area contributed by atoms with Crippen LogP contribution in [-0.4, -0.2) is 28.0 Å². The van der Waals surface area contributed by atoms with Crippen LogP contribution in [0.4, 0.5) is 5.69 Å². The number of hydrogen-bond donors (Lipinski definition) is 2. The van der Waals surface area contributed by atoms with Crippen molar-refractivity contribution in [3.8, 4) is 0 Å². The second kappa shape index (κ2) is 8.80. The molecule has 2 aromatic carbocycles. The Hall–Kier alpha value is -2.64. The van der Waals surface area contributed by atoms with Crippen LogP contribution in [0.1, 0.15) is 24.8 Å². The summed E-state index contributed by atoms with van der Waals surface area (Å²) in [5.41, 5.74) is 2.29. The number of aromatic nitrogens is 2. The highest BCUT2D eigenvalue weighted by atomic mass is 32.1. The first-order valence-electron chi connectivity index (χ1n) is 9.92. The van der Waals surface area contributed by atoms with Gasteiger partial charge in [-0.05, 0) is 68.8 Å². The number of anilines is 1. The third kappa shape index (κ3) is 4.68. The molecule has 0 bridgehead atoms. The van der Waals surface area contributed by atoms with Crippen LogP contribution in [0.3, 0.4) is 0 Å². The number of nitrogens with one attached hydrogen (secondary N) is 2. The Morgan fingerprint density at radius 1 is 1.24 bits per heavy atom. The quantitative estimate of drug-likeness (QED) is 0.633. The predicted molar refractivity (Wildman–Crippen MR) is 119 cm³/mol. The van der Waals surface area contributed by atoms with Gasteiger partial charge in [0.05, 0.1) is 17.2 Å². The van der Waals surface area contributed by atoms with E-state index < -0.39 is 0 Å². The van der Waals surface area contributed by atoms with Gasteiger partial charge in [-0.3, -0.25) is 14.2 Å². The van der Waals surface area contributed by atoms with Gasteiger partial charge in [0.1, 0.15) is 6.54 Å². The van der Waals surface area contributed by atoms with Crippen LogP contribution in [0.5, 0.6) is 0 Å². The lowest BCUT2D eigenvalue weighted by molar-refractivity contribution is -0.116. The summed E-state index contributed by atoms with van der Waals surface area (Å²) >= 11 is 3.67. The maximum atomic E-state index is 12.6. The monoisotopic (exact) mass is 409 g/mol. The van der Waals surface area contributed by atoms with Crippen LogP contribution < -0.4 is 16.2 Å². The minimum Gasteiger partial charge on any atom is -0.325 e. The Morgan fingerprint density at radius 2 is 2.10 bits per heavy atom. The Bertz CT molecular complexity index is 1090. The van der Waals surface area contributed by atoms with Gasteiger partial charge in [-0.1, -0.05) is 18.6 Å². The van der Waals surface area contributed by atoms with E-state index in [1.807, 2.05) is 24.3 Å². The van der Waals surface area contributed by atoms with Crippen LogP contribution >= 0.6 is 0 Å². The number of para-hydroxylation sites is 1. The number of fused-ring (bicyclic) bond motifs is 1. The number of nitrogens with zero attached hydrogens (tertiary/aromatic N) is 2. The fourth-order valence-electron chi connectivity index (χ4n) is 3.78. The maximum absolute atomic E-state index is 12.6. The van der Waals surface area contributed by atoms with E-state index in [0.29, 0.717) is 16.9 Å². The number of amides is 1. The molecule has 4 rings (SSSR count). The van der Waals surface area contributed by atoms with Gasteiger partial charge in [0.2, 0.25) is 5.91 Å². The summed E-state index contributed by atoms with van der Waals surface area (Å²) in [5.74, 6) is -0.257. The smallest absolute Gasteiger partial charge is 0.261 e. The molecule has 29 heavy (non-hydrogen) atoms. The van der Waals surface area contributed by atoms with Gasteiger partial charge in [0.25, 0.3) is 5.56 Å². The summed E-state index contributed by atoms with van der Waals surface area (Å²) in [6, 6.07) is 13.4. The lowest BCUT2D eigenvalue weighted by atomic mass is 9.97. The van der Waals surface area contributed by atoms with Gasteiger partial charge in [-0.2, -0.15) is 0 Å². The maximum Gasteiger partial charge on any atom is 0.261 e. The zero-order valence-electron chi connectivity index (χ0n) is 16.1. The van der Waals surface area contributed by atoms with E-state index in [4.69, 9.17) is 0 Å². The van der Waals surface area contributed by atoms with Crippen LogP contribution in [-0.2, 0) is 30.4 Å². The van der Waals surface area contributed by atoms with E-state index in [2.05, 4.69) is 28.2 Å². The number of carbonyl (C=O) groups excluding carboxylic acids is 1. The van der Waals surface area contributed by atoms with Crippen LogP contribution in [0, 0.1) is 0 Å². The van der Waals surface area contributed by atoms with Crippen molar-refractivity contribution in [2.24, 2.45) is 0 Å². The predicted octanol–water partition coefficient (Wildman–Crippen LogP) is 2.09. The minimum absolute atomic E-state index is 0.0776. The number of rotatable bonds is 5. The summed E-state index contributed by atoms with van der Waals surface area (Å²) < 4.78 is 1.34. The molecule has 1 aliphatic heterocycles. The van der Waals surface area contributed by atoms with Gasteiger partial charge < -0.3 is 10.6 Å². The van der Waals surface area contributed by atoms with Gasteiger partial charge >= 0.3 is 0 Å². The first-order chi connectivity index (χ1) is 14.1. The third-order valence-electron chi connectivity index (χ3n) is 5.31. The molecule has 7 heteroatoms. The van der Waals surface area contributed by atoms with E-state index in [1.54, 1.807) is 18.2 Å². The molecule has 1 fully saturated rings. The van der Waals surface area contributed by atoms with Gasteiger partial charge in [0, 0.05) is 17.3 Å². The highest BCUT2D eigenvalue weighted by molar-refractivity contribution is 7.58. The molecule has 0 aliphatic carbocycles. The van der Waals surface area contributed by atoms with Gasteiger partial charge in [0.15, 0.2) is 4.90 Å². The molecule has 6 nitrogen and oxygen atoms in total. The van der Waals surface area contributed by atoms with E-state index in [9.17, 15) is 9.59 Å². The van der Waals surface area contributed by atoms with Crippen LogP contribution in [0.15, 0.2) is 58.5 Å². The molecule has 1 unspecified atom stereocenters. The molecular weight excluding hydrogens is 384 g/mol. The number of hydrogen-bond acceptors (Lipinski definition) is 4. The Labute approximate surface area is 174 Å². The van der Waals surface area contributed by atoms with Crippen LogP contribution in [0.2, 0.25) is 0 Å². The first kappa shape index (κ1) is 19.7. The van der Waals surface area contributed by atoms with E-state index >= 15 is 0 Å². The van der Waals surface area contributed by atoms with Crippen molar-refractivity contribution >= 4 is 35.1 Å². The highest BCUT2D eigenvalue weighted by Crippen LogP contribution is 2.20. The number of carbonyl (C=O) groups is 1. The molecule has 3 aromatic rings. The molecule has 0 radical (unpaired) electrons. The minimum atomic E-state index is -0.257. The lowest BCUT2D eigenvalue weighted by Gasteiger charge is -2.23. The summed E-state index contributed by atoms with van der Waals surface area (Å²) in [7, 11) is 0. The number of piperidine rings is 1. The SMILES string of the molecule is O=C(Cn1cnc2ccccc2c1=O)Nc1ccc([SH2+])c(CC2CCCCN2)c1. The molecule has 0 saturated carbocycles. The fourth-order valence-corrected chi connectivity index (χ4v) is 4.04. The van der Waals surface area contributed by atoms with Crippen molar-refractivity contribution < 1.29 is 4.79 Å². The van der Waals surface area contributed by atoms with E-state index in [1.165, 1.54) is 30.2 Å². The first-order valence-corrected chi connectivity index (χ1v) is 10.4. The lowest BCUT2D eigenvalue weighted by Crippen LogP contribution is -2.35. The standard InChI is InChI=1S/C22H24N4O2S/c27-21(13-26-14-24-19-7-2-1-6-18(19)22(26)28)25-17-8-9-20(29)15(12-17)11-16-5-3-4-10-23-16/h1-2,6-9,12,14,16,23,29H,3-5,10-11,13H2,(H,25,27)/p+1. The zero-order valence-corrected chi connectivity index (χ0v) is 17.1. The van der Waals surface area contributed by atoms with Crippen molar-refractivity contribution in [3.63, 3.8) is 0 Å². The molecular formula is C22H25N4O2S+. The molecule has 1 aromatic heterocycles. The average molecular weight is 410 g/mol. The zero-order chi connectivity index (χ0) is 20.2. The number of benzene rings is 2. The summed E-state index contributed by atoms with van der Waals surface area (Å²) in [5, 5.41) is 6.96. The van der Waals surface area contributed by atoms with E-state index in [0.717, 1.165) is 29.1 Å². The largest absolute Gasteiger partial charge is 0.325 e.